The summed E-state index contributed by atoms with van der Waals surface area (Å²) in [6.07, 6.45) is 2.38. The van der Waals surface area contributed by atoms with Crippen molar-refractivity contribution in [1.82, 2.24) is 24.8 Å². The molecule has 26 heavy (non-hydrogen) atoms. The molecule has 0 bridgehead atoms. The molecule has 2 N–H and O–H groups in total. The SMILES string of the molecule is CCc1nc(C)c(CC(=O)N2CCN(C(=O)c3ccc[nH]3)CC2)c(=O)[nH]1. The molecule has 1 aliphatic rings. The van der Waals surface area contributed by atoms with Gasteiger partial charge >= 0.3 is 0 Å². The first-order chi connectivity index (χ1) is 12.5. The second-order valence-electron chi connectivity index (χ2n) is 6.36. The fourth-order valence-electron chi connectivity index (χ4n) is 3.10. The lowest BCUT2D eigenvalue weighted by atomic mass is 10.1. The number of hydrogen-bond acceptors (Lipinski definition) is 4. The van der Waals surface area contributed by atoms with Crippen LogP contribution < -0.4 is 5.56 Å². The van der Waals surface area contributed by atoms with E-state index >= 15 is 0 Å². The van der Waals surface area contributed by atoms with Gasteiger partial charge in [0.1, 0.15) is 11.5 Å². The molecular formula is C18H23N5O3. The van der Waals surface area contributed by atoms with Crippen LogP contribution in [-0.2, 0) is 17.6 Å². The number of carbonyl (C=O) groups is 2. The number of carbonyl (C=O) groups excluding carboxylic acids is 2. The maximum atomic E-state index is 12.6. The highest BCUT2D eigenvalue weighted by atomic mass is 16.2. The summed E-state index contributed by atoms with van der Waals surface area (Å²) in [5.41, 5.74) is 1.31. The zero-order valence-corrected chi connectivity index (χ0v) is 15.0. The fraction of sp³-hybridized carbons (Fsp3) is 0.444. The van der Waals surface area contributed by atoms with Gasteiger partial charge in [0, 0.05) is 50.1 Å². The fourth-order valence-corrected chi connectivity index (χ4v) is 3.10. The Bertz CT molecular complexity index is 848. The van der Waals surface area contributed by atoms with Crippen molar-refractivity contribution in [3.63, 3.8) is 0 Å². The van der Waals surface area contributed by atoms with Crippen molar-refractivity contribution < 1.29 is 9.59 Å². The van der Waals surface area contributed by atoms with Crippen molar-refractivity contribution in [2.24, 2.45) is 0 Å². The summed E-state index contributed by atoms with van der Waals surface area (Å²) in [7, 11) is 0. The molecule has 8 heteroatoms. The average Bonchev–Trinajstić information content (AvgIpc) is 3.18. The predicted octanol–water partition coefficient (Wildman–Crippen LogP) is 0.496. The van der Waals surface area contributed by atoms with Crippen LogP contribution in [0.1, 0.15) is 34.5 Å². The molecule has 2 amide bonds. The van der Waals surface area contributed by atoms with Crippen LogP contribution in [0, 0.1) is 6.92 Å². The van der Waals surface area contributed by atoms with Gasteiger partial charge in [-0.05, 0) is 19.1 Å². The molecular weight excluding hydrogens is 334 g/mol. The first kappa shape index (κ1) is 17.9. The van der Waals surface area contributed by atoms with Gasteiger partial charge in [0.15, 0.2) is 0 Å². The van der Waals surface area contributed by atoms with E-state index in [9.17, 15) is 14.4 Å². The number of rotatable bonds is 4. The monoisotopic (exact) mass is 357 g/mol. The van der Waals surface area contributed by atoms with Crippen LogP contribution in [0.15, 0.2) is 23.1 Å². The molecule has 3 rings (SSSR count). The number of hydrogen-bond donors (Lipinski definition) is 2. The highest BCUT2D eigenvalue weighted by Gasteiger charge is 2.26. The Morgan fingerprint density at radius 3 is 2.46 bits per heavy atom. The van der Waals surface area contributed by atoms with E-state index in [4.69, 9.17) is 0 Å². The topological polar surface area (TPSA) is 102 Å². The van der Waals surface area contributed by atoms with Crippen LogP contribution in [0.4, 0.5) is 0 Å². The molecule has 138 valence electrons. The lowest BCUT2D eigenvalue weighted by molar-refractivity contribution is -0.132. The second-order valence-corrected chi connectivity index (χ2v) is 6.36. The minimum Gasteiger partial charge on any atom is -0.357 e. The lowest BCUT2D eigenvalue weighted by Crippen LogP contribution is -2.51. The van der Waals surface area contributed by atoms with Crippen LogP contribution in [-0.4, -0.2) is 62.7 Å². The third kappa shape index (κ3) is 3.68. The van der Waals surface area contributed by atoms with Gasteiger partial charge in [0.05, 0.1) is 6.42 Å². The zero-order chi connectivity index (χ0) is 18.7. The smallest absolute Gasteiger partial charge is 0.270 e. The molecule has 0 aliphatic carbocycles. The van der Waals surface area contributed by atoms with Crippen molar-refractivity contribution in [2.45, 2.75) is 26.7 Å². The van der Waals surface area contributed by atoms with Gasteiger partial charge in [-0.25, -0.2) is 4.98 Å². The third-order valence-corrected chi connectivity index (χ3v) is 4.68. The maximum Gasteiger partial charge on any atom is 0.270 e. The van der Waals surface area contributed by atoms with E-state index in [1.165, 1.54) is 0 Å². The summed E-state index contributed by atoms with van der Waals surface area (Å²) in [6.45, 7) is 5.55. The lowest BCUT2D eigenvalue weighted by Gasteiger charge is -2.34. The van der Waals surface area contributed by atoms with Gasteiger partial charge in [-0.15, -0.1) is 0 Å². The summed E-state index contributed by atoms with van der Waals surface area (Å²) in [6, 6.07) is 3.52. The number of H-pyrrole nitrogens is 2. The Balaban J connectivity index is 1.61. The highest BCUT2D eigenvalue weighted by molar-refractivity contribution is 5.92. The summed E-state index contributed by atoms with van der Waals surface area (Å²) in [4.78, 5) is 50.5. The van der Waals surface area contributed by atoms with E-state index in [1.54, 1.807) is 35.1 Å². The van der Waals surface area contributed by atoms with E-state index in [-0.39, 0.29) is 23.8 Å². The van der Waals surface area contributed by atoms with Crippen LogP contribution in [0.25, 0.3) is 0 Å². The van der Waals surface area contributed by atoms with Crippen molar-refractivity contribution >= 4 is 11.8 Å². The molecule has 0 unspecified atom stereocenters. The number of nitrogens with zero attached hydrogens (tertiary/aromatic N) is 3. The number of aromatic nitrogens is 3. The second kappa shape index (κ2) is 7.55. The molecule has 0 aromatic carbocycles. The zero-order valence-electron chi connectivity index (χ0n) is 15.0. The quantitative estimate of drug-likeness (QED) is 0.831. The molecule has 2 aromatic heterocycles. The van der Waals surface area contributed by atoms with E-state index in [1.807, 2.05) is 6.92 Å². The number of aryl methyl sites for hydroxylation is 2. The van der Waals surface area contributed by atoms with E-state index in [2.05, 4.69) is 15.0 Å². The van der Waals surface area contributed by atoms with Crippen molar-refractivity contribution in [1.29, 1.82) is 0 Å². The molecule has 1 saturated heterocycles. The first-order valence-electron chi connectivity index (χ1n) is 8.78. The molecule has 1 aliphatic heterocycles. The Morgan fingerprint density at radius 1 is 1.19 bits per heavy atom. The summed E-state index contributed by atoms with van der Waals surface area (Å²) < 4.78 is 0. The van der Waals surface area contributed by atoms with Crippen molar-refractivity contribution in [3.8, 4) is 0 Å². The standard InChI is InChI=1S/C18H23N5O3/c1-3-15-20-12(2)13(17(25)21-15)11-16(24)22-7-9-23(10-8-22)18(26)14-5-4-6-19-14/h4-6,19H,3,7-11H2,1-2H3,(H,20,21,25). The number of amides is 2. The number of piperazine rings is 1. The van der Waals surface area contributed by atoms with E-state index < -0.39 is 0 Å². The Hall–Kier alpha value is -2.90. The Morgan fingerprint density at radius 2 is 1.88 bits per heavy atom. The number of aromatic amines is 2. The third-order valence-electron chi connectivity index (χ3n) is 4.68. The molecule has 0 saturated carbocycles. The summed E-state index contributed by atoms with van der Waals surface area (Å²) >= 11 is 0. The normalized spacial score (nSPS) is 14.5. The van der Waals surface area contributed by atoms with Crippen LogP contribution in [0.5, 0.6) is 0 Å². The van der Waals surface area contributed by atoms with Crippen LogP contribution in [0.3, 0.4) is 0 Å². The first-order valence-corrected chi connectivity index (χ1v) is 8.78. The van der Waals surface area contributed by atoms with Crippen LogP contribution >= 0.6 is 0 Å². The molecule has 0 radical (unpaired) electrons. The summed E-state index contributed by atoms with van der Waals surface area (Å²) in [5.74, 6) is 0.450. The van der Waals surface area contributed by atoms with Gasteiger partial charge in [-0.3, -0.25) is 14.4 Å². The maximum absolute atomic E-state index is 12.6. The molecule has 0 spiro atoms. The molecule has 3 heterocycles. The largest absolute Gasteiger partial charge is 0.357 e. The molecule has 0 atom stereocenters. The van der Waals surface area contributed by atoms with Crippen molar-refractivity contribution in [3.05, 3.63) is 51.5 Å². The average molecular weight is 357 g/mol. The molecule has 8 nitrogen and oxygen atoms in total. The van der Waals surface area contributed by atoms with Crippen LogP contribution in [0.2, 0.25) is 0 Å². The minimum absolute atomic E-state index is 0.0305. The summed E-state index contributed by atoms with van der Waals surface area (Å²) in [5, 5.41) is 0. The predicted molar refractivity (Wildman–Crippen MR) is 96.0 cm³/mol. The van der Waals surface area contributed by atoms with E-state index in [0.29, 0.717) is 55.4 Å². The Labute approximate surface area is 151 Å². The molecule has 1 fully saturated rings. The van der Waals surface area contributed by atoms with Gasteiger partial charge in [0.2, 0.25) is 5.91 Å². The highest BCUT2D eigenvalue weighted by Crippen LogP contribution is 2.10. The van der Waals surface area contributed by atoms with Crippen molar-refractivity contribution in [2.75, 3.05) is 26.2 Å². The van der Waals surface area contributed by atoms with Gasteiger partial charge in [-0.2, -0.15) is 0 Å². The number of nitrogens with one attached hydrogen (secondary N) is 2. The molecule has 2 aromatic rings. The van der Waals surface area contributed by atoms with Gasteiger partial charge < -0.3 is 19.8 Å². The van der Waals surface area contributed by atoms with Gasteiger partial charge in [0.25, 0.3) is 11.5 Å². The minimum atomic E-state index is -0.247. The van der Waals surface area contributed by atoms with E-state index in [0.717, 1.165) is 0 Å². The van der Waals surface area contributed by atoms with Gasteiger partial charge in [-0.1, -0.05) is 6.92 Å². The Kier molecular flexibility index (Phi) is 5.20.